The second-order valence-electron chi connectivity index (χ2n) is 6.50. The molecular weight excluding hydrogens is 374 g/mol. The minimum absolute atomic E-state index is 0.141. The predicted molar refractivity (Wildman–Crippen MR) is 108 cm³/mol. The number of aliphatic hydroxyl groups excluding tert-OH is 1. The van der Waals surface area contributed by atoms with E-state index in [1.54, 1.807) is 17.6 Å². The number of aliphatic hydroxyl groups is 1. The van der Waals surface area contributed by atoms with Gasteiger partial charge in [0.1, 0.15) is 18.9 Å². The van der Waals surface area contributed by atoms with Crippen LogP contribution in [0.15, 0.2) is 36.4 Å². The van der Waals surface area contributed by atoms with Gasteiger partial charge in [0.2, 0.25) is 0 Å². The lowest BCUT2D eigenvalue weighted by Gasteiger charge is -2.16. The summed E-state index contributed by atoms with van der Waals surface area (Å²) >= 11 is 0. The van der Waals surface area contributed by atoms with Gasteiger partial charge in [-0.1, -0.05) is 18.2 Å². The summed E-state index contributed by atoms with van der Waals surface area (Å²) < 4.78 is 17.8. The third-order valence-electron chi connectivity index (χ3n) is 4.59. The van der Waals surface area contributed by atoms with Gasteiger partial charge in [0, 0.05) is 12.7 Å². The van der Waals surface area contributed by atoms with Crippen LogP contribution < -0.4 is 10.1 Å². The Labute approximate surface area is 169 Å². The normalized spacial score (nSPS) is 10.9. The Balaban J connectivity index is 1.81. The molecule has 0 radical (unpaired) electrons. The minimum atomic E-state index is -0.552. The number of carbonyl (C=O) groups excluding carboxylic acids is 1. The largest absolute Gasteiger partial charge is 0.474 e. The van der Waals surface area contributed by atoms with Gasteiger partial charge in [0.25, 0.3) is 0 Å². The van der Waals surface area contributed by atoms with E-state index in [9.17, 15) is 9.90 Å². The number of imidazole rings is 1. The number of ether oxygens (including phenoxy) is 3. The molecule has 1 aromatic carbocycles. The van der Waals surface area contributed by atoms with Gasteiger partial charge in [-0.2, -0.15) is 0 Å². The number of benzene rings is 1. The molecule has 2 N–H and O–H groups in total. The van der Waals surface area contributed by atoms with Crippen LogP contribution in [0.3, 0.4) is 0 Å². The maximum Gasteiger partial charge on any atom is 0.411 e. The number of pyridine rings is 1. The number of fused-ring (bicyclic) bond motifs is 1. The molecular formula is C21H25N3O5. The molecule has 3 rings (SSSR count). The van der Waals surface area contributed by atoms with Crippen LogP contribution in [-0.4, -0.2) is 40.9 Å². The fraction of sp³-hybridized carbons (Fsp3) is 0.333. The average Bonchev–Trinajstić information content (AvgIpc) is 3.03. The molecule has 0 aliphatic carbocycles. The summed E-state index contributed by atoms with van der Waals surface area (Å²) in [7, 11) is 1.54. The van der Waals surface area contributed by atoms with Gasteiger partial charge >= 0.3 is 6.09 Å². The first-order valence-corrected chi connectivity index (χ1v) is 9.27. The first-order chi connectivity index (χ1) is 14.0. The Morgan fingerprint density at radius 2 is 1.97 bits per heavy atom. The number of aryl methyl sites for hydroxylation is 2. The second kappa shape index (κ2) is 9.40. The van der Waals surface area contributed by atoms with Gasteiger partial charge in [-0.05, 0) is 37.6 Å². The van der Waals surface area contributed by atoms with Crippen molar-refractivity contribution in [2.24, 2.45) is 0 Å². The van der Waals surface area contributed by atoms with Crippen molar-refractivity contribution in [2.45, 2.75) is 27.1 Å². The van der Waals surface area contributed by atoms with E-state index >= 15 is 0 Å². The summed E-state index contributed by atoms with van der Waals surface area (Å²) in [4.78, 5) is 16.5. The van der Waals surface area contributed by atoms with Crippen molar-refractivity contribution in [3.8, 4) is 5.88 Å². The summed E-state index contributed by atoms with van der Waals surface area (Å²) in [6.45, 7) is 4.38. The van der Waals surface area contributed by atoms with E-state index in [4.69, 9.17) is 14.2 Å². The molecule has 0 aliphatic rings. The zero-order valence-corrected chi connectivity index (χ0v) is 16.8. The number of rotatable bonds is 8. The molecule has 2 aromatic heterocycles. The molecule has 0 saturated carbocycles. The lowest BCUT2D eigenvalue weighted by Crippen LogP contribution is -2.18. The Hall–Kier alpha value is -3.10. The molecule has 0 aliphatic heterocycles. The molecule has 154 valence electrons. The van der Waals surface area contributed by atoms with E-state index in [-0.39, 0.29) is 19.8 Å². The zero-order chi connectivity index (χ0) is 20.8. The molecule has 1 amide bonds. The smallest absolute Gasteiger partial charge is 0.411 e. The first-order valence-electron chi connectivity index (χ1n) is 9.27. The highest BCUT2D eigenvalue weighted by Crippen LogP contribution is 2.25. The highest BCUT2D eigenvalue weighted by molar-refractivity contribution is 5.86. The summed E-state index contributed by atoms with van der Waals surface area (Å²) in [5, 5.41) is 12.5. The van der Waals surface area contributed by atoms with E-state index in [0.29, 0.717) is 29.5 Å². The fourth-order valence-corrected chi connectivity index (χ4v) is 3.05. The maximum absolute atomic E-state index is 12.0. The van der Waals surface area contributed by atoms with Gasteiger partial charge in [0.15, 0.2) is 5.88 Å². The lowest BCUT2D eigenvalue weighted by molar-refractivity contribution is 0.107. The Morgan fingerprint density at radius 1 is 1.17 bits per heavy atom. The van der Waals surface area contributed by atoms with Gasteiger partial charge in [-0.3, -0.25) is 9.72 Å². The minimum Gasteiger partial charge on any atom is -0.474 e. The summed E-state index contributed by atoms with van der Waals surface area (Å²) in [5.41, 5.74) is 4.55. The average molecular weight is 399 g/mol. The fourth-order valence-electron chi connectivity index (χ4n) is 3.05. The van der Waals surface area contributed by atoms with Crippen LogP contribution in [0.1, 0.15) is 22.5 Å². The summed E-state index contributed by atoms with van der Waals surface area (Å²) in [6, 6.07) is 11.1. The van der Waals surface area contributed by atoms with E-state index in [2.05, 4.69) is 10.3 Å². The monoisotopic (exact) mass is 399 g/mol. The van der Waals surface area contributed by atoms with Crippen molar-refractivity contribution in [1.82, 2.24) is 9.38 Å². The molecule has 0 saturated heterocycles. The Morgan fingerprint density at radius 3 is 2.72 bits per heavy atom. The van der Waals surface area contributed by atoms with Crippen LogP contribution >= 0.6 is 0 Å². The third kappa shape index (κ3) is 4.67. The van der Waals surface area contributed by atoms with E-state index in [1.165, 1.54) is 0 Å². The van der Waals surface area contributed by atoms with E-state index < -0.39 is 6.09 Å². The van der Waals surface area contributed by atoms with Crippen LogP contribution in [0, 0.1) is 13.8 Å². The quantitative estimate of drug-likeness (QED) is 0.565. The van der Waals surface area contributed by atoms with Gasteiger partial charge in [-0.25, -0.2) is 9.78 Å². The van der Waals surface area contributed by atoms with Crippen molar-refractivity contribution in [3.63, 3.8) is 0 Å². The highest BCUT2D eigenvalue weighted by atomic mass is 16.6. The summed E-state index contributed by atoms with van der Waals surface area (Å²) in [5.74, 6) is 0.559. The highest BCUT2D eigenvalue weighted by Gasteiger charge is 2.14. The number of anilines is 1. The van der Waals surface area contributed by atoms with Crippen LogP contribution in [0.4, 0.5) is 10.5 Å². The van der Waals surface area contributed by atoms with Crippen LogP contribution in [0.25, 0.3) is 5.65 Å². The van der Waals surface area contributed by atoms with Gasteiger partial charge in [0.05, 0.1) is 30.3 Å². The van der Waals surface area contributed by atoms with Crippen LogP contribution in [0.2, 0.25) is 0 Å². The predicted octanol–water partition coefficient (Wildman–Crippen LogP) is 3.22. The second-order valence-corrected chi connectivity index (χ2v) is 6.50. The number of aromatic nitrogens is 2. The molecule has 0 unspecified atom stereocenters. The molecule has 8 heteroatoms. The van der Waals surface area contributed by atoms with Crippen molar-refractivity contribution < 1.29 is 24.1 Å². The topological polar surface area (TPSA) is 94.3 Å². The molecule has 29 heavy (non-hydrogen) atoms. The molecule has 3 aromatic rings. The molecule has 0 atom stereocenters. The third-order valence-corrected chi connectivity index (χ3v) is 4.59. The number of amides is 1. The standard InChI is InChI=1S/C21H25N3O5/c1-14-6-4-7-17(23-21(26)28-11-10-27-3)16(14)13-29-20-9-5-8-19-22-15(2)18(12-25)24(19)20/h4-9,25H,10-13H2,1-3H3,(H,23,26). The SMILES string of the molecule is COCCOC(=O)Nc1cccc(C)c1COc1cccc2nc(C)c(CO)n12. The molecule has 2 heterocycles. The first kappa shape index (κ1) is 20.6. The van der Waals surface area contributed by atoms with E-state index in [1.807, 2.05) is 44.2 Å². The molecule has 8 nitrogen and oxygen atoms in total. The number of methoxy groups -OCH3 is 1. The van der Waals surface area contributed by atoms with Crippen molar-refractivity contribution in [2.75, 3.05) is 25.6 Å². The van der Waals surface area contributed by atoms with Crippen molar-refractivity contribution >= 4 is 17.4 Å². The van der Waals surface area contributed by atoms with Gasteiger partial charge in [-0.15, -0.1) is 0 Å². The lowest BCUT2D eigenvalue weighted by atomic mass is 10.1. The van der Waals surface area contributed by atoms with Crippen LogP contribution in [-0.2, 0) is 22.7 Å². The summed E-state index contributed by atoms with van der Waals surface area (Å²) in [6.07, 6.45) is -0.552. The van der Waals surface area contributed by atoms with E-state index in [0.717, 1.165) is 16.8 Å². The maximum atomic E-state index is 12.0. The van der Waals surface area contributed by atoms with Crippen molar-refractivity contribution in [3.05, 3.63) is 58.9 Å². The Kier molecular flexibility index (Phi) is 6.69. The molecule has 0 bridgehead atoms. The van der Waals surface area contributed by atoms with Gasteiger partial charge < -0.3 is 19.3 Å². The Bertz CT molecular complexity index is 999. The number of hydrogen-bond acceptors (Lipinski definition) is 6. The number of carbonyl (C=O) groups is 1. The van der Waals surface area contributed by atoms with Crippen LogP contribution in [0.5, 0.6) is 5.88 Å². The number of nitrogens with one attached hydrogen (secondary N) is 1. The van der Waals surface area contributed by atoms with Crippen molar-refractivity contribution in [1.29, 1.82) is 0 Å². The molecule has 0 spiro atoms. The zero-order valence-electron chi connectivity index (χ0n) is 16.8. The number of hydrogen-bond donors (Lipinski definition) is 2. The number of nitrogens with zero attached hydrogens (tertiary/aromatic N) is 2. The molecule has 0 fully saturated rings.